The number of anilines is 1. The molecule has 3 heterocycles. The molecular formula is C21H22F3N3O2S. The average molecular weight is 437 g/mol. The number of aromatic nitrogens is 2. The smallest absolute Gasteiger partial charge is 0.475 e. The highest BCUT2D eigenvalue weighted by molar-refractivity contribution is 7.17. The van der Waals surface area contributed by atoms with Crippen LogP contribution >= 0.6 is 11.3 Å². The molecule has 2 aromatic heterocycles. The molecule has 1 N–H and O–H groups in total. The molecule has 0 amide bonds. The van der Waals surface area contributed by atoms with Crippen LogP contribution in [0.2, 0.25) is 0 Å². The quantitative estimate of drug-likeness (QED) is 0.571. The minimum absolute atomic E-state index is 0.822. The van der Waals surface area contributed by atoms with E-state index in [1.807, 2.05) is 0 Å². The van der Waals surface area contributed by atoms with Crippen molar-refractivity contribution in [2.45, 2.75) is 32.9 Å². The van der Waals surface area contributed by atoms with E-state index < -0.39 is 12.1 Å². The Balaban J connectivity index is 0.000000318. The maximum atomic E-state index is 10.6. The van der Waals surface area contributed by atoms with Crippen LogP contribution < -0.4 is 4.90 Å². The standard InChI is InChI=1S/C19H21N3S.C2HF3O2/c1-13-3-5-15(6-4-13)16-11-23-19-17(16)18(20-12-21-19)22-9-7-14(2)8-10-22;3-2(4,5)1(6)7/h3-6,11-12,14H,7-10H2,1-2H3;(H,6,7). The number of fused-ring (bicyclic) bond motifs is 1. The second-order valence-electron chi connectivity index (χ2n) is 7.37. The first-order valence-electron chi connectivity index (χ1n) is 9.51. The third kappa shape index (κ3) is 5.08. The minimum atomic E-state index is -5.08. The van der Waals surface area contributed by atoms with Gasteiger partial charge in [-0.3, -0.25) is 0 Å². The van der Waals surface area contributed by atoms with E-state index in [2.05, 4.69) is 58.4 Å². The van der Waals surface area contributed by atoms with E-state index in [4.69, 9.17) is 9.90 Å². The number of carbonyl (C=O) groups is 1. The molecule has 5 nitrogen and oxygen atoms in total. The molecule has 0 bridgehead atoms. The highest BCUT2D eigenvalue weighted by Crippen LogP contribution is 2.38. The van der Waals surface area contributed by atoms with Gasteiger partial charge in [-0.2, -0.15) is 13.2 Å². The van der Waals surface area contributed by atoms with E-state index in [0.717, 1.165) is 29.7 Å². The Hall–Kier alpha value is -2.68. The van der Waals surface area contributed by atoms with Gasteiger partial charge in [0.25, 0.3) is 0 Å². The van der Waals surface area contributed by atoms with Gasteiger partial charge in [-0.25, -0.2) is 14.8 Å². The normalized spacial score (nSPS) is 15.0. The van der Waals surface area contributed by atoms with Gasteiger partial charge in [0.05, 0.1) is 5.39 Å². The van der Waals surface area contributed by atoms with Gasteiger partial charge in [0.2, 0.25) is 0 Å². The number of thiophene rings is 1. The van der Waals surface area contributed by atoms with Crippen LogP contribution in [-0.2, 0) is 4.79 Å². The summed E-state index contributed by atoms with van der Waals surface area (Å²) in [4.78, 5) is 21.6. The van der Waals surface area contributed by atoms with E-state index in [0.29, 0.717) is 0 Å². The second-order valence-corrected chi connectivity index (χ2v) is 8.22. The summed E-state index contributed by atoms with van der Waals surface area (Å²) < 4.78 is 31.7. The number of halogens is 3. The SMILES string of the molecule is Cc1ccc(-c2csc3ncnc(N4CCC(C)CC4)c23)cc1.O=C(O)C(F)(F)F. The topological polar surface area (TPSA) is 66.3 Å². The largest absolute Gasteiger partial charge is 0.490 e. The molecule has 1 aliphatic heterocycles. The number of carboxylic acid groups (broad SMARTS) is 1. The summed E-state index contributed by atoms with van der Waals surface area (Å²) >= 11 is 1.71. The molecule has 0 unspecified atom stereocenters. The fraction of sp³-hybridized carbons (Fsp3) is 0.381. The van der Waals surface area contributed by atoms with Gasteiger partial charge in [-0.15, -0.1) is 11.3 Å². The Morgan fingerprint density at radius 2 is 1.77 bits per heavy atom. The Bertz CT molecular complexity index is 1010. The monoisotopic (exact) mass is 437 g/mol. The maximum Gasteiger partial charge on any atom is 0.490 e. The maximum absolute atomic E-state index is 10.6. The molecule has 0 radical (unpaired) electrons. The van der Waals surface area contributed by atoms with Gasteiger partial charge in [-0.1, -0.05) is 36.8 Å². The number of nitrogens with zero attached hydrogens (tertiary/aromatic N) is 3. The number of hydrogen-bond acceptors (Lipinski definition) is 5. The summed E-state index contributed by atoms with van der Waals surface area (Å²) in [5.41, 5.74) is 3.80. The zero-order chi connectivity index (χ0) is 21.9. The highest BCUT2D eigenvalue weighted by Gasteiger charge is 2.38. The number of rotatable bonds is 2. The van der Waals surface area contributed by atoms with Gasteiger partial charge < -0.3 is 10.0 Å². The number of benzene rings is 1. The van der Waals surface area contributed by atoms with Crippen molar-refractivity contribution >= 4 is 33.3 Å². The molecule has 4 rings (SSSR count). The predicted octanol–water partition coefficient (Wildman–Crippen LogP) is 5.54. The van der Waals surface area contributed by atoms with Crippen LogP contribution in [0.1, 0.15) is 25.3 Å². The number of piperidine rings is 1. The zero-order valence-corrected chi connectivity index (χ0v) is 17.4. The molecule has 0 atom stereocenters. The number of alkyl halides is 3. The zero-order valence-electron chi connectivity index (χ0n) is 16.6. The molecular weight excluding hydrogens is 415 g/mol. The average Bonchev–Trinajstić information content (AvgIpc) is 3.13. The van der Waals surface area contributed by atoms with Crippen LogP contribution in [0, 0.1) is 12.8 Å². The van der Waals surface area contributed by atoms with Gasteiger partial charge in [-0.05, 0) is 31.2 Å². The lowest BCUT2D eigenvalue weighted by atomic mass is 9.98. The van der Waals surface area contributed by atoms with Crippen molar-refractivity contribution in [3.05, 3.63) is 41.5 Å². The molecule has 1 aliphatic rings. The van der Waals surface area contributed by atoms with Crippen LogP contribution in [0.15, 0.2) is 36.0 Å². The van der Waals surface area contributed by atoms with Crippen molar-refractivity contribution in [1.82, 2.24) is 9.97 Å². The second kappa shape index (κ2) is 8.99. The lowest BCUT2D eigenvalue weighted by Crippen LogP contribution is -2.33. The third-order valence-corrected chi connectivity index (χ3v) is 5.92. The molecule has 0 aliphatic carbocycles. The first-order valence-corrected chi connectivity index (χ1v) is 10.4. The summed E-state index contributed by atoms with van der Waals surface area (Å²) in [6.07, 6.45) is -0.879. The predicted molar refractivity (Wildman–Crippen MR) is 112 cm³/mol. The first-order chi connectivity index (χ1) is 14.2. The van der Waals surface area contributed by atoms with E-state index in [9.17, 15) is 13.2 Å². The van der Waals surface area contributed by atoms with Gasteiger partial charge in [0, 0.05) is 24.0 Å². The molecule has 9 heteroatoms. The van der Waals surface area contributed by atoms with E-state index in [1.165, 1.54) is 34.9 Å². The Kier molecular flexibility index (Phi) is 6.60. The first kappa shape index (κ1) is 22.0. The molecule has 3 aromatic rings. The van der Waals surface area contributed by atoms with Crippen molar-refractivity contribution in [1.29, 1.82) is 0 Å². The van der Waals surface area contributed by atoms with Crippen LogP contribution in [0.5, 0.6) is 0 Å². The van der Waals surface area contributed by atoms with Crippen molar-refractivity contribution in [2.75, 3.05) is 18.0 Å². The lowest BCUT2D eigenvalue weighted by molar-refractivity contribution is -0.192. The van der Waals surface area contributed by atoms with Crippen molar-refractivity contribution in [2.24, 2.45) is 5.92 Å². The number of aryl methyl sites for hydroxylation is 1. The summed E-state index contributed by atoms with van der Waals surface area (Å²) in [6, 6.07) is 8.74. The van der Waals surface area contributed by atoms with Gasteiger partial charge >= 0.3 is 12.1 Å². The fourth-order valence-corrected chi connectivity index (χ4v) is 4.18. The molecule has 0 spiro atoms. The van der Waals surface area contributed by atoms with Crippen LogP contribution in [0.3, 0.4) is 0 Å². The number of carboxylic acids is 1. The molecule has 1 saturated heterocycles. The highest BCUT2D eigenvalue weighted by atomic mass is 32.1. The van der Waals surface area contributed by atoms with E-state index >= 15 is 0 Å². The summed E-state index contributed by atoms with van der Waals surface area (Å²) in [6.45, 7) is 6.65. The number of aliphatic carboxylic acids is 1. The minimum Gasteiger partial charge on any atom is -0.475 e. The molecule has 160 valence electrons. The Labute approximate surface area is 176 Å². The van der Waals surface area contributed by atoms with Crippen LogP contribution in [0.25, 0.3) is 21.3 Å². The van der Waals surface area contributed by atoms with Crippen LogP contribution in [-0.4, -0.2) is 40.3 Å². The summed E-state index contributed by atoms with van der Waals surface area (Å²) in [5.74, 6) is -0.825. The molecule has 1 fully saturated rings. The molecule has 30 heavy (non-hydrogen) atoms. The van der Waals surface area contributed by atoms with Crippen molar-refractivity contribution < 1.29 is 23.1 Å². The summed E-state index contributed by atoms with van der Waals surface area (Å²) in [5, 5.41) is 10.6. The van der Waals surface area contributed by atoms with Gasteiger partial charge in [0.15, 0.2) is 0 Å². The van der Waals surface area contributed by atoms with Crippen LogP contribution in [0.4, 0.5) is 19.0 Å². The Morgan fingerprint density at radius 1 is 1.17 bits per heavy atom. The van der Waals surface area contributed by atoms with Crippen molar-refractivity contribution in [3.63, 3.8) is 0 Å². The fourth-order valence-electron chi connectivity index (χ4n) is 3.27. The molecule has 0 saturated carbocycles. The van der Waals surface area contributed by atoms with Crippen molar-refractivity contribution in [3.8, 4) is 11.1 Å². The lowest BCUT2D eigenvalue weighted by Gasteiger charge is -2.31. The van der Waals surface area contributed by atoms with E-state index in [1.54, 1.807) is 17.7 Å². The van der Waals surface area contributed by atoms with E-state index in [-0.39, 0.29) is 0 Å². The number of hydrogen-bond donors (Lipinski definition) is 1. The molecule has 1 aromatic carbocycles. The Morgan fingerprint density at radius 3 is 2.33 bits per heavy atom. The third-order valence-electron chi connectivity index (χ3n) is 5.04. The van der Waals surface area contributed by atoms with Gasteiger partial charge in [0.1, 0.15) is 17.0 Å². The summed E-state index contributed by atoms with van der Waals surface area (Å²) in [7, 11) is 0.